The van der Waals surface area contributed by atoms with Gasteiger partial charge in [-0.05, 0) is 41.3 Å². The molecule has 0 bridgehead atoms. The second-order valence-electron chi connectivity index (χ2n) is 5.29. The summed E-state index contributed by atoms with van der Waals surface area (Å²) in [5, 5.41) is 0. The molecule has 0 amide bonds. The summed E-state index contributed by atoms with van der Waals surface area (Å²) < 4.78 is 11.0. The minimum Gasteiger partial charge on any atom is -0.496 e. The van der Waals surface area contributed by atoms with E-state index in [1.54, 1.807) is 7.11 Å². The zero-order chi connectivity index (χ0) is 14.8. The maximum absolute atomic E-state index is 5.79. The molecule has 1 heterocycles. The Morgan fingerprint density at radius 1 is 1.19 bits per heavy atom. The summed E-state index contributed by atoms with van der Waals surface area (Å²) in [5.41, 5.74) is 7.47. The number of ether oxygens (including phenoxy) is 2. The Kier molecular flexibility index (Phi) is 3.82. The summed E-state index contributed by atoms with van der Waals surface area (Å²) in [6.07, 6.45) is 0.956. The van der Waals surface area contributed by atoms with E-state index >= 15 is 0 Å². The van der Waals surface area contributed by atoms with E-state index < -0.39 is 0 Å². The van der Waals surface area contributed by atoms with Crippen molar-refractivity contribution in [3.05, 3.63) is 58.7 Å². The molecule has 1 unspecified atom stereocenters. The molecule has 0 spiro atoms. The smallest absolute Gasteiger partial charge is 0.122 e. The van der Waals surface area contributed by atoms with Crippen LogP contribution < -0.4 is 20.7 Å². The first-order chi connectivity index (χ1) is 10.2. The second kappa shape index (κ2) is 5.76. The summed E-state index contributed by atoms with van der Waals surface area (Å²) in [4.78, 5) is 0. The van der Waals surface area contributed by atoms with Crippen molar-refractivity contribution in [3.8, 4) is 11.5 Å². The minimum atomic E-state index is -0.0644. The molecule has 1 atom stereocenters. The fourth-order valence-corrected chi connectivity index (χ4v) is 2.79. The first-order valence-corrected chi connectivity index (χ1v) is 7.09. The summed E-state index contributed by atoms with van der Waals surface area (Å²) in [5.74, 6) is 7.64. The number of benzene rings is 2. The average Bonchev–Trinajstić information content (AvgIpc) is 2.97. The van der Waals surface area contributed by atoms with Gasteiger partial charge in [-0.3, -0.25) is 5.84 Å². The van der Waals surface area contributed by atoms with Gasteiger partial charge in [-0.2, -0.15) is 0 Å². The lowest BCUT2D eigenvalue weighted by Gasteiger charge is -2.19. The predicted molar refractivity (Wildman–Crippen MR) is 82.5 cm³/mol. The maximum atomic E-state index is 5.79. The van der Waals surface area contributed by atoms with Crippen molar-refractivity contribution in [2.45, 2.75) is 19.4 Å². The van der Waals surface area contributed by atoms with E-state index in [-0.39, 0.29) is 6.04 Å². The minimum absolute atomic E-state index is 0.0644. The number of fused-ring (bicyclic) bond motifs is 1. The topological polar surface area (TPSA) is 56.5 Å². The molecule has 0 saturated carbocycles. The lowest BCUT2D eigenvalue weighted by Crippen LogP contribution is -2.28. The lowest BCUT2D eigenvalue weighted by atomic mass is 9.96. The van der Waals surface area contributed by atoms with Crippen LogP contribution in [0.1, 0.15) is 28.3 Å². The fraction of sp³-hybridized carbons (Fsp3) is 0.294. The largest absolute Gasteiger partial charge is 0.496 e. The first kappa shape index (κ1) is 13.9. The molecule has 3 N–H and O–H groups in total. The normalized spacial score (nSPS) is 14.4. The van der Waals surface area contributed by atoms with Crippen molar-refractivity contribution in [2.75, 3.05) is 13.7 Å². The Morgan fingerprint density at radius 2 is 1.95 bits per heavy atom. The average molecular weight is 284 g/mol. The highest BCUT2D eigenvalue weighted by Crippen LogP contribution is 2.32. The van der Waals surface area contributed by atoms with Gasteiger partial charge >= 0.3 is 0 Å². The van der Waals surface area contributed by atoms with Crippen LogP contribution in [0.4, 0.5) is 0 Å². The lowest BCUT2D eigenvalue weighted by molar-refractivity contribution is 0.357. The third kappa shape index (κ3) is 2.60. The van der Waals surface area contributed by atoms with Crippen molar-refractivity contribution in [3.63, 3.8) is 0 Å². The molecule has 110 valence electrons. The highest BCUT2D eigenvalue weighted by atomic mass is 16.5. The molecule has 1 aliphatic heterocycles. The summed E-state index contributed by atoms with van der Waals surface area (Å²) in [6, 6.07) is 12.3. The highest BCUT2D eigenvalue weighted by molar-refractivity contribution is 5.45. The van der Waals surface area contributed by atoms with Gasteiger partial charge in [0.25, 0.3) is 0 Å². The van der Waals surface area contributed by atoms with Gasteiger partial charge in [-0.15, -0.1) is 0 Å². The number of aryl methyl sites for hydroxylation is 1. The van der Waals surface area contributed by atoms with E-state index in [2.05, 4.69) is 29.7 Å². The zero-order valence-corrected chi connectivity index (χ0v) is 12.3. The third-order valence-corrected chi connectivity index (χ3v) is 3.98. The van der Waals surface area contributed by atoms with E-state index in [0.29, 0.717) is 0 Å². The Hall–Kier alpha value is -2.04. The third-order valence-electron chi connectivity index (χ3n) is 3.98. The van der Waals surface area contributed by atoms with E-state index in [0.717, 1.165) is 41.2 Å². The number of nitrogens with two attached hydrogens (primary N) is 1. The number of hydrogen-bond acceptors (Lipinski definition) is 4. The molecule has 2 aromatic carbocycles. The van der Waals surface area contributed by atoms with Crippen LogP contribution in [0.3, 0.4) is 0 Å². The predicted octanol–water partition coefficient (Wildman–Crippen LogP) is 2.49. The van der Waals surface area contributed by atoms with Gasteiger partial charge in [-0.1, -0.05) is 24.3 Å². The van der Waals surface area contributed by atoms with Gasteiger partial charge in [0, 0.05) is 6.42 Å². The van der Waals surface area contributed by atoms with Gasteiger partial charge in [0.1, 0.15) is 11.5 Å². The molecule has 2 aromatic rings. The fourth-order valence-electron chi connectivity index (χ4n) is 2.79. The second-order valence-corrected chi connectivity index (χ2v) is 5.29. The van der Waals surface area contributed by atoms with Crippen LogP contribution in [0.2, 0.25) is 0 Å². The van der Waals surface area contributed by atoms with E-state index in [1.807, 2.05) is 19.1 Å². The molecule has 0 aromatic heterocycles. The molecule has 0 saturated heterocycles. The van der Waals surface area contributed by atoms with Crippen LogP contribution in [0.5, 0.6) is 11.5 Å². The van der Waals surface area contributed by atoms with Gasteiger partial charge < -0.3 is 9.47 Å². The molecule has 4 nitrogen and oxygen atoms in total. The van der Waals surface area contributed by atoms with Gasteiger partial charge in [0.2, 0.25) is 0 Å². The van der Waals surface area contributed by atoms with E-state index in [9.17, 15) is 0 Å². The quantitative estimate of drug-likeness (QED) is 0.669. The molecule has 4 heteroatoms. The van der Waals surface area contributed by atoms with Gasteiger partial charge in [0.15, 0.2) is 0 Å². The molecule has 0 radical (unpaired) electrons. The Morgan fingerprint density at radius 3 is 2.71 bits per heavy atom. The molecule has 21 heavy (non-hydrogen) atoms. The van der Waals surface area contributed by atoms with Crippen LogP contribution >= 0.6 is 0 Å². The first-order valence-electron chi connectivity index (χ1n) is 7.09. The Labute approximate surface area is 124 Å². The van der Waals surface area contributed by atoms with Crippen LogP contribution in [-0.2, 0) is 6.42 Å². The standard InChI is InChI=1S/C17H20N2O2/c1-11-3-4-14(10-16(11)20-2)17(19-18)13-5-6-15-12(9-13)7-8-21-15/h3-6,9-10,17,19H,7-8,18H2,1-2H3. The van der Waals surface area contributed by atoms with Crippen LogP contribution in [0.25, 0.3) is 0 Å². The SMILES string of the molecule is COc1cc(C(NN)c2ccc3c(c2)CCO3)ccc1C. The molecular weight excluding hydrogens is 264 g/mol. The van der Waals surface area contributed by atoms with Gasteiger partial charge in [0.05, 0.1) is 19.8 Å². The van der Waals surface area contributed by atoms with Crippen LogP contribution in [0.15, 0.2) is 36.4 Å². The number of nitrogens with one attached hydrogen (secondary N) is 1. The Balaban J connectivity index is 1.98. The molecule has 0 aliphatic carbocycles. The molecule has 0 fully saturated rings. The maximum Gasteiger partial charge on any atom is 0.122 e. The van der Waals surface area contributed by atoms with E-state index in [4.69, 9.17) is 15.3 Å². The highest BCUT2D eigenvalue weighted by Gasteiger charge is 2.18. The number of methoxy groups -OCH3 is 1. The summed E-state index contributed by atoms with van der Waals surface area (Å²) >= 11 is 0. The molecule has 3 rings (SSSR count). The van der Waals surface area contributed by atoms with Crippen molar-refractivity contribution in [1.29, 1.82) is 0 Å². The van der Waals surface area contributed by atoms with Crippen LogP contribution in [0, 0.1) is 6.92 Å². The summed E-state index contributed by atoms with van der Waals surface area (Å²) in [6.45, 7) is 2.79. The van der Waals surface area contributed by atoms with Crippen molar-refractivity contribution < 1.29 is 9.47 Å². The van der Waals surface area contributed by atoms with Gasteiger partial charge in [-0.25, -0.2) is 5.43 Å². The number of rotatable bonds is 4. The number of hydrazine groups is 1. The van der Waals surface area contributed by atoms with E-state index in [1.165, 1.54) is 5.56 Å². The summed E-state index contributed by atoms with van der Waals surface area (Å²) in [7, 11) is 1.68. The van der Waals surface area contributed by atoms with Crippen molar-refractivity contribution in [1.82, 2.24) is 5.43 Å². The van der Waals surface area contributed by atoms with Crippen LogP contribution in [-0.4, -0.2) is 13.7 Å². The zero-order valence-electron chi connectivity index (χ0n) is 12.3. The Bertz CT molecular complexity index is 644. The monoisotopic (exact) mass is 284 g/mol. The molecule has 1 aliphatic rings. The van der Waals surface area contributed by atoms with Crippen molar-refractivity contribution in [2.24, 2.45) is 5.84 Å². The van der Waals surface area contributed by atoms with Crippen molar-refractivity contribution >= 4 is 0 Å². The molecular formula is C17H20N2O2. The number of hydrogen-bond donors (Lipinski definition) is 2.